The maximum Gasteiger partial charge on any atom is 0.224 e. The Labute approximate surface area is 128 Å². The third kappa shape index (κ3) is 3.98. The lowest BCUT2D eigenvalue weighted by molar-refractivity contribution is -0.116. The van der Waals surface area contributed by atoms with E-state index in [9.17, 15) is 4.79 Å². The summed E-state index contributed by atoms with van der Waals surface area (Å²) in [6, 6.07) is 14.2. The highest BCUT2D eigenvalue weighted by atomic mass is 35.5. The fourth-order valence-corrected chi connectivity index (χ4v) is 2.08. The van der Waals surface area contributed by atoms with E-state index in [4.69, 9.17) is 22.6 Å². The van der Waals surface area contributed by atoms with Crippen LogP contribution in [0.5, 0.6) is 0 Å². The normalized spacial score (nSPS) is 9.90. The van der Waals surface area contributed by atoms with Crippen molar-refractivity contribution in [1.29, 1.82) is 5.26 Å². The van der Waals surface area contributed by atoms with Crippen molar-refractivity contribution < 1.29 is 4.79 Å². The zero-order chi connectivity index (χ0) is 15.2. The van der Waals surface area contributed by atoms with Crippen LogP contribution in [-0.2, 0) is 11.2 Å². The average molecular weight is 300 g/mol. The number of nitriles is 1. The van der Waals surface area contributed by atoms with Gasteiger partial charge in [-0.15, -0.1) is 0 Å². The second-order valence-corrected chi connectivity index (χ2v) is 4.96. The van der Waals surface area contributed by atoms with Crippen LogP contribution in [0.3, 0.4) is 0 Å². The van der Waals surface area contributed by atoms with Gasteiger partial charge in [-0.05, 0) is 36.2 Å². The molecule has 0 spiro atoms. The summed E-state index contributed by atoms with van der Waals surface area (Å²) in [4.78, 5) is 11.9. The number of rotatable bonds is 4. The molecule has 0 aromatic heterocycles. The molecule has 2 aromatic rings. The van der Waals surface area contributed by atoms with E-state index >= 15 is 0 Å². The summed E-state index contributed by atoms with van der Waals surface area (Å²) >= 11 is 5.84. The first-order valence-electron chi connectivity index (χ1n) is 6.43. The Morgan fingerprint density at radius 3 is 2.76 bits per heavy atom. The number of nitrogen functional groups attached to an aromatic ring is 1. The lowest BCUT2D eigenvalue weighted by Gasteiger charge is -2.07. The fourth-order valence-electron chi connectivity index (χ4n) is 1.92. The van der Waals surface area contributed by atoms with Gasteiger partial charge in [0.05, 0.1) is 10.6 Å². The van der Waals surface area contributed by atoms with Crippen molar-refractivity contribution in [2.75, 3.05) is 11.1 Å². The lowest BCUT2D eigenvalue weighted by Crippen LogP contribution is -2.12. The van der Waals surface area contributed by atoms with Gasteiger partial charge in [-0.3, -0.25) is 4.79 Å². The second-order valence-electron chi connectivity index (χ2n) is 4.55. The highest BCUT2D eigenvalue weighted by molar-refractivity contribution is 6.31. The molecule has 2 rings (SSSR count). The van der Waals surface area contributed by atoms with Crippen molar-refractivity contribution in [2.45, 2.75) is 12.8 Å². The van der Waals surface area contributed by atoms with Crippen LogP contribution in [0.4, 0.5) is 11.4 Å². The van der Waals surface area contributed by atoms with Crippen LogP contribution >= 0.6 is 11.6 Å². The Morgan fingerprint density at radius 2 is 2.05 bits per heavy atom. The number of aryl methyl sites for hydroxylation is 1. The van der Waals surface area contributed by atoms with E-state index < -0.39 is 0 Å². The quantitative estimate of drug-likeness (QED) is 0.850. The Balaban J connectivity index is 1.96. The summed E-state index contributed by atoms with van der Waals surface area (Å²) in [5, 5.41) is 12.0. The summed E-state index contributed by atoms with van der Waals surface area (Å²) in [7, 11) is 0. The van der Waals surface area contributed by atoms with Crippen LogP contribution in [0, 0.1) is 11.3 Å². The van der Waals surface area contributed by atoms with Crippen molar-refractivity contribution in [2.24, 2.45) is 0 Å². The van der Waals surface area contributed by atoms with Crippen LogP contribution < -0.4 is 11.1 Å². The smallest absolute Gasteiger partial charge is 0.224 e. The first-order chi connectivity index (χ1) is 10.1. The van der Waals surface area contributed by atoms with Crippen LogP contribution in [0.25, 0.3) is 0 Å². The van der Waals surface area contributed by atoms with Gasteiger partial charge in [0, 0.05) is 17.8 Å². The predicted molar refractivity (Wildman–Crippen MR) is 84.0 cm³/mol. The van der Waals surface area contributed by atoms with Crippen LogP contribution in [-0.4, -0.2) is 5.91 Å². The number of nitrogens with zero attached hydrogens (tertiary/aromatic N) is 1. The molecule has 3 N–H and O–H groups in total. The molecular formula is C16H14ClN3O. The van der Waals surface area contributed by atoms with Crippen molar-refractivity contribution in [3.05, 3.63) is 58.6 Å². The van der Waals surface area contributed by atoms with Crippen molar-refractivity contribution in [1.82, 2.24) is 0 Å². The molecule has 0 aliphatic carbocycles. The predicted octanol–water partition coefficient (Wildman–Crippen LogP) is 3.37. The molecule has 0 radical (unpaired) electrons. The standard InChI is InChI=1S/C16H14ClN3O/c17-14-7-6-13(9-12(14)10-18)20-16(21)8-5-11-3-1-2-4-15(11)19/h1-4,6-7,9H,5,8,19H2,(H,20,21). The van der Waals surface area contributed by atoms with Gasteiger partial charge in [-0.2, -0.15) is 5.26 Å². The summed E-state index contributed by atoms with van der Waals surface area (Å²) in [5.41, 5.74) is 8.35. The molecule has 2 aromatic carbocycles. The Hall–Kier alpha value is -2.51. The molecule has 1 amide bonds. The van der Waals surface area contributed by atoms with Crippen LogP contribution in [0.1, 0.15) is 17.5 Å². The van der Waals surface area contributed by atoms with Crippen molar-refractivity contribution in [3.8, 4) is 6.07 Å². The molecule has 0 bridgehead atoms. The molecule has 21 heavy (non-hydrogen) atoms. The van der Waals surface area contributed by atoms with Gasteiger partial charge >= 0.3 is 0 Å². The third-order valence-corrected chi connectivity index (χ3v) is 3.38. The first kappa shape index (κ1) is 14.9. The highest BCUT2D eigenvalue weighted by Crippen LogP contribution is 2.20. The molecule has 106 valence electrons. The van der Waals surface area contributed by atoms with E-state index in [1.54, 1.807) is 18.2 Å². The number of para-hydroxylation sites is 1. The molecule has 0 unspecified atom stereocenters. The van der Waals surface area contributed by atoms with Gasteiger partial charge in [0.15, 0.2) is 0 Å². The number of anilines is 2. The molecule has 0 saturated carbocycles. The average Bonchev–Trinajstić information content (AvgIpc) is 2.48. The summed E-state index contributed by atoms with van der Waals surface area (Å²) in [5.74, 6) is -0.135. The van der Waals surface area contributed by atoms with Crippen LogP contribution in [0.2, 0.25) is 5.02 Å². The third-order valence-electron chi connectivity index (χ3n) is 3.05. The van der Waals surface area contributed by atoms with E-state index in [0.29, 0.717) is 34.8 Å². The van der Waals surface area contributed by atoms with Crippen molar-refractivity contribution >= 4 is 28.9 Å². The largest absolute Gasteiger partial charge is 0.399 e. The van der Waals surface area contributed by atoms with Gasteiger partial charge < -0.3 is 11.1 Å². The number of amides is 1. The minimum atomic E-state index is -0.135. The second kappa shape index (κ2) is 6.78. The Morgan fingerprint density at radius 1 is 1.29 bits per heavy atom. The molecule has 0 atom stereocenters. The zero-order valence-electron chi connectivity index (χ0n) is 11.3. The van der Waals surface area contributed by atoms with Crippen LogP contribution in [0.15, 0.2) is 42.5 Å². The number of benzene rings is 2. The maximum atomic E-state index is 11.9. The van der Waals surface area contributed by atoms with Gasteiger partial charge in [-0.25, -0.2) is 0 Å². The van der Waals surface area contributed by atoms with Gasteiger partial charge in [0.1, 0.15) is 6.07 Å². The number of hydrogen-bond donors (Lipinski definition) is 2. The minimum absolute atomic E-state index is 0.135. The summed E-state index contributed by atoms with van der Waals surface area (Å²) in [6.45, 7) is 0. The molecule has 0 aliphatic heterocycles. The number of carbonyl (C=O) groups excluding carboxylic acids is 1. The molecule has 5 heteroatoms. The monoisotopic (exact) mass is 299 g/mol. The number of halogens is 1. The highest BCUT2D eigenvalue weighted by Gasteiger charge is 2.07. The summed E-state index contributed by atoms with van der Waals surface area (Å²) in [6.07, 6.45) is 0.885. The number of nitrogens with one attached hydrogen (secondary N) is 1. The Bertz CT molecular complexity index is 707. The lowest BCUT2D eigenvalue weighted by atomic mass is 10.1. The SMILES string of the molecule is N#Cc1cc(NC(=O)CCc2ccccc2N)ccc1Cl. The molecule has 0 heterocycles. The van der Waals surface area contributed by atoms with E-state index in [-0.39, 0.29) is 5.91 Å². The topological polar surface area (TPSA) is 78.9 Å². The molecular weight excluding hydrogens is 286 g/mol. The van der Waals surface area contributed by atoms with E-state index in [2.05, 4.69) is 5.32 Å². The minimum Gasteiger partial charge on any atom is -0.399 e. The molecule has 0 aliphatic rings. The molecule has 4 nitrogen and oxygen atoms in total. The summed E-state index contributed by atoms with van der Waals surface area (Å²) < 4.78 is 0. The van der Waals surface area contributed by atoms with Gasteiger partial charge in [0.2, 0.25) is 5.91 Å². The zero-order valence-corrected chi connectivity index (χ0v) is 12.0. The van der Waals surface area contributed by atoms with E-state index in [1.807, 2.05) is 30.3 Å². The molecule has 0 fully saturated rings. The van der Waals surface area contributed by atoms with Crippen molar-refractivity contribution in [3.63, 3.8) is 0 Å². The van der Waals surface area contributed by atoms with Gasteiger partial charge in [0.25, 0.3) is 0 Å². The van der Waals surface area contributed by atoms with Gasteiger partial charge in [-0.1, -0.05) is 29.8 Å². The van der Waals surface area contributed by atoms with E-state index in [1.165, 1.54) is 0 Å². The number of nitrogens with two attached hydrogens (primary N) is 1. The molecule has 0 saturated heterocycles. The fraction of sp³-hybridized carbons (Fsp3) is 0.125. The number of hydrogen-bond acceptors (Lipinski definition) is 3. The Kier molecular flexibility index (Phi) is 4.81. The first-order valence-corrected chi connectivity index (χ1v) is 6.81. The number of carbonyl (C=O) groups is 1. The maximum absolute atomic E-state index is 11.9. The van der Waals surface area contributed by atoms with E-state index in [0.717, 1.165) is 5.56 Å².